The number of carbonyl (C=O) groups excluding carboxylic acids is 1. The normalized spacial score (nSPS) is 10.4. The summed E-state index contributed by atoms with van der Waals surface area (Å²) in [7, 11) is 1.71. The first-order chi connectivity index (χ1) is 8.58. The molecule has 1 aromatic heterocycles. The SMILES string of the molecule is CN(CC(=O)c1ccc(Br)s1)c1ccccc1F. The molecule has 1 aromatic carbocycles. The molecule has 0 spiro atoms. The van der Waals surface area contributed by atoms with Crippen LogP contribution in [0.4, 0.5) is 10.1 Å². The van der Waals surface area contributed by atoms with Crippen LogP contribution in [0.1, 0.15) is 9.67 Å². The quantitative estimate of drug-likeness (QED) is 0.792. The predicted molar refractivity (Wildman–Crippen MR) is 76.0 cm³/mol. The molecule has 1 heterocycles. The molecule has 0 aliphatic heterocycles. The van der Waals surface area contributed by atoms with E-state index in [0.29, 0.717) is 10.6 Å². The van der Waals surface area contributed by atoms with E-state index in [1.54, 1.807) is 36.2 Å². The zero-order valence-electron chi connectivity index (χ0n) is 9.69. The van der Waals surface area contributed by atoms with Gasteiger partial charge in [-0.25, -0.2) is 4.39 Å². The van der Waals surface area contributed by atoms with E-state index in [-0.39, 0.29) is 18.1 Å². The average molecular weight is 328 g/mol. The van der Waals surface area contributed by atoms with Gasteiger partial charge in [0.2, 0.25) is 0 Å². The summed E-state index contributed by atoms with van der Waals surface area (Å²) in [6, 6.07) is 10.0. The summed E-state index contributed by atoms with van der Waals surface area (Å²) in [5.41, 5.74) is 0.432. The lowest BCUT2D eigenvalue weighted by Crippen LogP contribution is -2.25. The first kappa shape index (κ1) is 13.2. The second-order valence-electron chi connectivity index (χ2n) is 3.83. The molecule has 5 heteroatoms. The van der Waals surface area contributed by atoms with Gasteiger partial charge in [-0.3, -0.25) is 4.79 Å². The molecule has 0 radical (unpaired) electrons. The maximum Gasteiger partial charge on any atom is 0.192 e. The molecular formula is C13H11BrFNOS. The molecule has 2 nitrogen and oxygen atoms in total. The van der Waals surface area contributed by atoms with Gasteiger partial charge in [-0.15, -0.1) is 11.3 Å². The molecule has 0 bridgehead atoms. The van der Waals surface area contributed by atoms with Crippen molar-refractivity contribution in [2.24, 2.45) is 0 Å². The molecule has 2 aromatic rings. The Morgan fingerprint density at radius 3 is 2.67 bits per heavy atom. The summed E-state index contributed by atoms with van der Waals surface area (Å²) >= 11 is 4.70. The number of carbonyl (C=O) groups is 1. The monoisotopic (exact) mass is 327 g/mol. The maximum absolute atomic E-state index is 13.5. The van der Waals surface area contributed by atoms with Gasteiger partial charge in [0.05, 0.1) is 20.9 Å². The molecule has 0 unspecified atom stereocenters. The van der Waals surface area contributed by atoms with Crippen molar-refractivity contribution >= 4 is 38.7 Å². The smallest absolute Gasteiger partial charge is 0.192 e. The van der Waals surface area contributed by atoms with Crippen LogP contribution < -0.4 is 4.90 Å². The van der Waals surface area contributed by atoms with E-state index in [4.69, 9.17) is 0 Å². The van der Waals surface area contributed by atoms with Crippen LogP contribution in [-0.2, 0) is 0 Å². The second kappa shape index (κ2) is 5.63. The van der Waals surface area contributed by atoms with Gasteiger partial charge >= 0.3 is 0 Å². The molecule has 2 rings (SSSR count). The fourth-order valence-corrected chi connectivity index (χ4v) is 2.92. The van der Waals surface area contributed by atoms with Crippen LogP contribution in [0.5, 0.6) is 0 Å². The predicted octanol–water partition coefficient (Wildman–Crippen LogP) is 3.97. The zero-order chi connectivity index (χ0) is 13.1. The Morgan fingerprint density at radius 1 is 1.33 bits per heavy atom. The molecule has 0 atom stereocenters. The lowest BCUT2D eigenvalue weighted by atomic mass is 10.2. The fraction of sp³-hybridized carbons (Fsp3) is 0.154. The zero-order valence-corrected chi connectivity index (χ0v) is 12.1. The lowest BCUT2D eigenvalue weighted by molar-refractivity contribution is 0.100. The second-order valence-corrected chi connectivity index (χ2v) is 6.30. The number of para-hydroxylation sites is 1. The highest BCUT2D eigenvalue weighted by atomic mass is 79.9. The molecule has 18 heavy (non-hydrogen) atoms. The van der Waals surface area contributed by atoms with Crippen LogP contribution >= 0.6 is 27.3 Å². The lowest BCUT2D eigenvalue weighted by Gasteiger charge is -2.18. The van der Waals surface area contributed by atoms with Gasteiger partial charge in [0.25, 0.3) is 0 Å². The van der Waals surface area contributed by atoms with Crippen LogP contribution in [0.15, 0.2) is 40.2 Å². The number of likely N-dealkylation sites (N-methyl/N-ethyl adjacent to an activating group) is 1. The van der Waals surface area contributed by atoms with Crippen LogP contribution in [0.2, 0.25) is 0 Å². The van der Waals surface area contributed by atoms with Crippen molar-refractivity contribution in [3.8, 4) is 0 Å². The first-order valence-electron chi connectivity index (χ1n) is 5.32. The topological polar surface area (TPSA) is 20.3 Å². The number of halogens is 2. The molecule has 0 saturated heterocycles. The van der Waals surface area contributed by atoms with E-state index >= 15 is 0 Å². The van der Waals surface area contributed by atoms with Gasteiger partial charge in [0.1, 0.15) is 5.82 Å². The summed E-state index contributed by atoms with van der Waals surface area (Å²) in [4.78, 5) is 14.3. The highest BCUT2D eigenvalue weighted by Crippen LogP contribution is 2.23. The van der Waals surface area contributed by atoms with Crippen LogP contribution in [0.3, 0.4) is 0 Å². The number of hydrogen-bond acceptors (Lipinski definition) is 3. The van der Waals surface area contributed by atoms with Crippen molar-refractivity contribution in [1.29, 1.82) is 0 Å². The first-order valence-corrected chi connectivity index (χ1v) is 6.93. The number of thiophene rings is 1. The van der Waals surface area contributed by atoms with E-state index in [9.17, 15) is 9.18 Å². The standard InChI is InChI=1S/C13H11BrFNOS/c1-16(10-5-3-2-4-9(10)15)8-11(17)12-6-7-13(14)18-12/h2-7H,8H2,1H3. The summed E-state index contributed by atoms with van der Waals surface area (Å²) in [6.07, 6.45) is 0. The number of Topliss-reactive ketones (excluding diaryl/α,β-unsaturated/α-hetero) is 1. The van der Waals surface area contributed by atoms with Crippen LogP contribution in [0, 0.1) is 5.82 Å². The van der Waals surface area contributed by atoms with Gasteiger partial charge in [0, 0.05) is 7.05 Å². The highest BCUT2D eigenvalue weighted by Gasteiger charge is 2.14. The Hall–Kier alpha value is -1.20. The molecular weight excluding hydrogens is 317 g/mol. The van der Waals surface area contributed by atoms with Crippen LogP contribution in [-0.4, -0.2) is 19.4 Å². The number of hydrogen-bond donors (Lipinski definition) is 0. The number of rotatable bonds is 4. The van der Waals surface area contributed by atoms with E-state index in [1.807, 2.05) is 6.07 Å². The van der Waals surface area contributed by atoms with Crippen molar-refractivity contribution < 1.29 is 9.18 Å². The summed E-state index contributed by atoms with van der Waals surface area (Å²) in [5.74, 6) is -0.336. The Balaban J connectivity index is 2.10. The van der Waals surface area contributed by atoms with Gasteiger partial charge in [-0.1, -0.05) is 12.1 Å². The molecule has 0 amide bonds. The Bertz CT molecular complexity index is 570. The maximum atomic E-state index is 13.5. The third kappa shape index (κ3) is 2.97. The van der Waals surface area contributed by atoms with Crippen LogP contribution in [0.25, 0.3) is 0 Å². The van der Waals surface area contributed by atoms with Crippen molar-refractivity contribution in [3.05, 3.63) is 50.9 Å². The van der Waals surface area contributed by atoms with Gasteiger partial charge in [0.15, 0.2) is 5.78 Å². The van der Waals surface area contributed by atoms with E-state index in [2.05, 4.69) is 15.9 Å². The van der Waals surface area contributed by atoms with Crippen molar-refractivity contribution in [2.75, 3.05) is 18.5 Å². The average Bonchev–Trinajstić information content (AvgIpc) is 2.76. The number of ketones is 1. The molecule has 0 aliphatic rings. The minimum atomic E-state index is -0.319. The number of benzene rings is 1. The van der Waals surface area contributed by atoms with Crippen molar-refractivity contribution in [2.45, 2.75) is 0 Å². The van der Waals surface area contributed by atoms with Crippen molar-refractivity contribution in [1.82, 2.24) is 0 Å². The third-order valence-corrected chi connectivity index (χ3v) is 4.16. The Morgan fingerprint density at radius 2 is 2.06 bits per heavy atom. The fourth-order valence-electron chi connectivity index (χ4n) is 1.60. The highest BCUT2D eigenvalue weighted by molar-refractivity contribution is 9.11. The molecule has 0 aliphatic carbocycles. The van der Waals surface area contributed by atoms with E-state index in [1.165, 1.54) is 17.4 Å². The molecule has 94 valence electrons. The van der Waals surface area contributed by atoms with Gasteiger partial charge in [-0.05, 0) is 40.2 Å². The van der Waals surface area contributed by atoms with E-state index in [0.717, 1.165) is 3.79 Å². The third-order valence-electron chi connectivity index (χ3n) is 2.49. The number of nitrogens with zero attached hydrogens (tertiary/aromatic N) is 1. The Kier molecular flexibility index (Phi) is 4.14. The molecule has 0 N–H and O–H groups in total. The molecule has 0 fully saturated rings. The summed E-state index contributed by atoms with van der Waals surface area (Å²) in [5, 5.41) is 0. The number of anilines is 1. The van der Waals surface area contributed by atoms with Gasteiger partial charge < -0.3 is 4.90 Å². The summed E-state index contributed by atoms with van der Waals surface area (Å²) < 4.78 is 14.5. The minimum Gasteiger partial charge on any atom is -0.364 e. The van der Waals surface area contributed by atoms with Gasteiger partial charge in [-0.2, -0.15) is 0 Å². The van der Waals surface area contributed by atoms with E-state index < -0.39 is 0 Å². The summed E-state index contributed by atoms with van der Waals surface area (Å²) in [6.45, 7) is 0.161. The largest absolute Gasteiger partial charge is 0.364 e. The Labute approximate surface area is 117 Å². The molecule has 0 saturated carbocycles. The van der Waals surface area contributed by atoms with Crippen molar-refractivity contribution in [3.63, 3.8) is 0 Å². The minimum absolute atomic E-state index is 0.0172.